The van der Waals surface area contributed by atoms with E-state index in [-0.39, 0.29) is 0 Å². The molecule has 0 saturated heterocycles. The van der Waals surface area contributed by atoms with Crippen LogP contribution in [0.5, 0.6) is 0 Å². The van der Waals surface area contributed by atoms with E-state index < -0.39 is 0 Å². The van der Waals surface area contributed by atoms with Crippen LogP contribution in [0, 0.1) is 0 Å². The maximum atomic E-state index is 6.73. The molecule has 5 nitrogen and oxygen atoms in total. The van der Waals surface area contributed by atoms with Crippen molar-refractivity contribution in [3.05, 3.63) is 182 Å². The summed E-state index contributed by atoms with van der Waals surface area (Å²) in [7, 11) is 0. The number of hydrogen-bond donors (Lipinski definition) is 0. The van der Waals surface area contributed by atoms with Crippen LogP contribution in [-0.4, -0.2) is 19.5 Å². The molecule has 0 fully saturated rings. The van der Waals surface area contributed by atoms with Gasteiger partial charge in [0.05, 0.1) is 11.0 Å². The van der Waals surface area contributed by atoms with Crippen molar-refractivity contribution >= 4 is 76.1 Å². The van der Waals surface area contributed by atoms with E-state index in [1.54, 1.807) is 0 Å². The molecule has 0 aliphatic heterocycles. The van der Waals surface area contributed by atoms with Gasteiger partial charge < -0.3 is 8.98 Å². The van der Waals surface area contributed by atoms with E-state index >= 15 is 0 Å². The van der Waals surface area contributed by atoms with Gasteiger partial charge in [-0.3, -0.25) is 0 Å². The van der Waals surface area contributed by atoms with Crippen molar-refractivity contribution in [2.24, 2.45) is 0 Å². The van der Waals surface area contributed by atoms with Gasteiger partial charge in [-0.15, -0.1) is 0 Å². The van der Waals surface area contributed by atoms with E-state index in [2.05, 4.69) is 144 Å². The highest BCUT2D eigenvalue weighted by atomic mass is 16.3. The van der Waals surface area contributed by atoms with E-state index in [1.165, 1.54) is 43.2 Å². The van der Waals surface area contributed by atoms with Crippen LogP contribution in [0.15, 0.2) is 186 Å². The molecule has 0 spiro atoms. The first kappa shape index (κ1) is 30.8. The van der Waals surface area contributed by atoms with Crippen molar-refractivity contribution < 1.29 is 4.42 Å². The summed E-state index contributed by atoms with van der Waals surface area (Å²) in [5.41, 5.74) is 7.72. The zero-order valence-corrected chi connectivity index (χ0v) is 30.0. The Balaban J connectivity index is 1.09. The summed E-state index contributed by atoms with van der Waals surface area (Å²) in [6, 6.07) is 63.9. The smallest absolute Gasteiger partial charge is 0.164 e. The molecule has 12 rings (SSSR count). The van der Waals surface area contributed by atoms with Gasteiger partial charge in [0.25, 0.3) is 0 Å². The van der Waals surface area contributed by atoms with E-state index in [4.69, 9.17) is 19.4 Å². The van der Waals surface area contributed by atoms with Crippen LogP contribution < -0.4 is 0 Å². The normalized spacial score (nSPS) is 11.9. The molecule has 0 unspecified atom stereocenters. The summed E-state index contributed by atoms with van der Waals surface area (Å²) in [5, 5.41) is 11.6. The SMILES string of the molecule is c1ccc(-c2nc(-c3ccc4ccccc4c3)nc(-c3cccc4oc5cc(-n6c7cc8ccccc8cc7c7ccc8ccccc8c76)ccc5c34)n2)cc1. The minimum atomic E-state index is 0.597. The van der Waals surface area contributed by atoms with Gasteiger partial charge in [0.15, 0.2) is 17.5 Å². The molecule has 0 radical (unpaired) electrons. The summed E-state index contributed by atoms with van der Waals surface area (Å²) in [6.07, 6.45) is 0. The molecule has 56 heavy (non-hydrogen) atoms. The maximum absolute atomic E-state index is 6.73. The maximum Gasteiger partial charge on any atom is 0.164 e. The highest BCUT2D eigenvalue weighted by Crippen LogP contribution is 2.41. The first-order valence-electron chi connectivity index (χ1n) is 18.8. The highest BCUT2D eigenvalue weighted by molar-refractivity contribution is 6.21. The molecule has 0 N–H and O–H groups in total. The number of aromatic nitrogens is 4. The number of hydrogen-bond acceptors (Lipinski definition) is 4. The second kappa shape index (κ2) is 11.9. The van der Waals surface area contributed by atoms with Crippen LogP contribution in [0.4, 0.5) is 0 Å². The highest BCUT2D eigenvalue weighted by Gasteiger charge is 2.21. The lowest BCUT2D eigenvalue weighted by molar-refractivity contribution is 0.668. The third kappa shape index (κ3) is 4.71. The Morgan fingerprint density at radius 2 is 1.04 bits per heavy atom. The van der Waals surface area contributed by atoms with E-state index in [0.29, 0.717) is 17.5 Å². The summed E-state index contributed by atoms with van der Waals surface area (Å²) in [5.74, 6) is 1.84. The Labute approximate surface area is 320 Å². The molecule has 0 amide bonds. The fraction of sp³-hybridized carbons (Fsp3) is 0. The first-order chi connectivity index (χ1) is 27.7. The van der Waals surface area contributed by atoms with Crippen LogP contribution in [0.2, 0.25) is 0 Å². The van der Waals surface area contributed by atoms with Crippen molar-refractivity contribution in [2.45, 2.75) is 0 Å². The summed E-state index contributed by atoms with van der Waals surface area (Å²) < 4.78 is 9.13. The Kier molecular flexibility index (Phi) is 6.56. The lowest BCUT2D eigenvalue weighted by Gasteiger charge is -2.11. The molecular weight excluding hydrogens is 685 g/mol. The Bertz CT molecular complexity index is 3540. The second-order valence-electron chi connectivity index (χ2n) is 14.4. The lowest BCUT2D eigenvalue weighted by Crippen LogP contribution is -2.00. The van der Waals surface area contributed by atoms with E-state index in [1.807, 2.05) is 42.5 Å². The van der Waals surface area contributed by atoms with Gasteiger partial charge in [-0.2, -0.15) is 0 Å². The van der Waals surface area contributed by atoms with Gasteiger partial charge in [-0.25, -0.2) is 15.0 Å². The summed E-state index contributed by atoms with van der Waals surface area (Å²) in [6.45, 7) is 0. The monoisotopic (exact) mass is 714 g/mol. The quantitative estimate of drug-likeness (QED) is 0.182. The molecule has 12 aromatic rings. The molecule has 260 valence electrons. The number of benzene rings is 9. The van der Waals surface area contributed by atoms with Crippen molar-refractivity contribution in [2.75, 3.05) is 0 Å². The van der Waals surface area contributed by atoms with Crippen LogP contribution in [0.25, 0.3) is 116 Å². The van der Waals surface area contributed by atoms with Gasteiger partial charge in [-0.1, -0.05) is 140 Å². The molecule has 9 aromatic carbocycles. The van der Waals surface area contributed by atoms with Gasteiger partial charge in [0, 0.05) is 55.4 Å². The van der Waals surface area contributed by atoms with Crippen LogP contribution in [0.3, 0.4) is 0 Å². The van der Waals surface area contributed by atoms with Crippen molar-refractivity contribution in [1.82, 2.24) is 19.5 Å². The molecule has 0 bridgehead atoms. The Hall–Kier alpha value is -7.63. The number of furan rings is 1. The summed E-state index contributed by atoms with van der Waals surface area (Å²) in [4.78, 5) is 15.3. The van der Waals surface area contributed by atoms with Gasteiger partial charge in [0.2, 0.25) is 0 Å². The molecule has 0 atom stereocenters. The molecule has 0 saturated carbocycles. The van der Waals surface area contributed by atoms with Gasteiger partial charge in [0.1, 0.15) is 11.2 Å². The van der Waals surface area contributed by atoms with Crippen LogP contribution in [0.1, 0.15) is 0 Å². The summed E-state index contributed by atoms with van der Waals surface area (Å²) >= 11 is 0. The fourth-order valence-electron chi connectivity index (χ4n) is 8.54. The van der Waals surface area contributed by atoms with Crippen molar-refractivity contribution in [3.63, 3.8) is 0 Å². The van der Waals surface area contributed by atoms with Crippen molar-refractivity contribution in [3.8, 4) is 39.9 Å². The molecule has 0 aliphatic rings. The minimum Gasteiger partial charge on any atom is -0.456 e. The largest absolute Gasteiger partial charge is 0.456 e. The molecular formula is C51H30N4O. The number of fused-ring (bicyclic) bond motifs is 10. The third-order valence-corrected chi connectivity index (χ3v) is 11.2. The molecule has 5 heteroatoms. The fourth-order valence-corrected chi connectivity index (χ4v) is 8.54. The van der Waals surface area contributed by atoms with Crippen LogP contribution in [-0.2, 0) is 0 Å². The topological polar surface area (TPSA) is 56.7 Å². The molecule has 0 aliphatic carbocycles. The lowest BCUT2D eigenvalue weighted by atomic mass is 10.0. The number of nitrogens with zero attached hydrogens (tertiary/aromatic N) is 4. The predicted octanol–water partition coefficient (Wildman–Crippen LogP) is 13.3. The average Bonchev–Trinajstić information content (AvgIpc) is 3.80. The molecule has 3 heterocycles. The average molecular weight is 715 g/mol. The third-order valence-electron chi connectivity index (χ3n) is 11.2. The van der Waals surface area contributed by atoms with Gasteiger partial charge >= 0.3 is 0 Å². The van der Waals surface area contributed by atoms with Crippen molar-refractivity contribution in [1.29, 1.82) is 0 Å². The zero-order chi connectivity index (χ0) is 36.7. The Morgan fingerprint density at radius 3 is 1.88 bits per heavy atom. The Morgan fingerprint density at radius 1 is 0.375 bits per heavy atom. The minimum absolute atomic E-state index is 0.597. The van der Waals surface area contributed by atoms with Crippen LogP contribution >= 0.6 is 0 Å². The second-order valence-corrected chi connectivity index (χ2v) is 14.4. The standard InChI is InChI=1S/C51H30N4O/c1-2-13-33(14-3-1)49-52-50(37-22-21-31-11-4-5-15-34(31)27-37)54-51(53-49)42-19-10-20-45-47(42)41-26-24-38(30-46(41)56-45)55-44-29-36-17-7-6-16-35(36)28-43(44)40-25-23-32-12-8-9-18-39(32)48(40)55/h1-30H. The number of rotatable bonds is 4. The molecule has 3 aromatic heterocycles. The van der Waals surface area contributed by atoms with E-state index in [9.17, 15) is 0 Å². The first-order valence-corrected chi connectivity index (χ1v) is 18.8. The zero-order valence-electron chi connectivity index (χ0n) is 30.0. The van der Waals surface area contributed by atoms with Gasteiger partial charge in [-0.05, 0) is 63.3 Å². The predicted molar refractivity (Wildman–Crippen MR) is 230 cm³/mol. The van der Waals surface area contributed by atoms with E-state index in [0.717, 1.165) is 55.2 Å².